The van der Waals surface area contributed by atoms with E-state index in [4.69, 9.17) is 9.57 Å². The Morgan fingerprint density at radius 3 is 2.23 bits per heavy atom. The number of likely N-dealkylation sites (N-methyl/N-ethyl adjacent to an activating group) is 1. The summed E-state index contributed by atoms with van der Waals surface area (Å²) in [4.78, 5) is 54.0. The zero-order valence-electron chi connectivity index (χ0n) is 15.0. The van der Waals surface area contributed by atoms with Gasteiger partial charge in [-0.05, 0) is 11.5 Å². The first kappa shape index (κ1) is 19.4. The van der Waals surface area contributed by atoms with E-state index in [0.717, 1.165) is 10.5 Å². The number of hydroxylamine groups is 2. The van der Waals surface area contributed by atoms with Crippen LogP contribution in [0.15, 0.2) is 30.3 Å². The van der Waals surface area contributed by atoms with Crippen molar-refractivity contribution in [3.63, 3.8) is 0 Å². The van der Waals surface area contributed by atoms with Gasteiger partial charge in [0.25, 0.3) is 11.8 Å². The van der Waals surface area contributed by atoms with Gasteiger partial charge < -0.3 is 9.57 Å². The fraction of sp³-hybridized carbons (Fsp3) is 0.444. The van der Waals surface area contributed by atoms with Gasteiger partial charge in [0.1, 0.15) is 12.6 Å². The topological polar surface area (TPSA) is 93.2 Å². The lowest BCUT2D eigenvalue weighted by Crippen LogP contribution is -2.49. The molecule has 1 aliphatic rings. The maximum atomic E-state index is 12.4. The smallest absolute Gasteiger partial charge is 0.410 e. The summed E-state index contributed by atoms with van der Waals surface area (Å²) in [6.07, 6.45) is -0.690. The highest BCUT2D eigenvalue weighted by Crippen LogP contribution is 2.18. The molecular formula is C18H22N2O6. The number of nitrogens with zero attached hydrogens (tertiary/aromatic N) is 2. The van der Waals surface area contributed by atoms with E-state index in [9.17, 15) is 19.2 Å². The number of benzene rings is 1. The van der Waals surface area contributed by atoms with Gasteiger partial charge in [-0.15, -0.1) is 5.06 Å². The minimum atomic E-state index is -1.00. The highest BCUT2D eigenvalue weighted by molar-refractivity contribution is 6.01. The fourth-order valence-electron chi connectivity index (χ4n) is 2.61. The van der Waals surface area contributed by atoms with Gasteiger partial charge in [0.15, 0.2) is 0 Å². The summed E-state index contributed by atoms with van der Waals surface area (Å²) in [6, 6.07) is 8.12. The first-order valence-electron chi connectivity index (χ1n) is 8.32. The second kappa shape index (κ2) is 8.46. The van der Waals surface area contributed by atoms with Gasteiger partial charge in [0, 0.05) is 19.9 Å². The Labute approximate surface area is 151 Å². The van der Waals surface area contributed by atoms with Gasteiger partial charge >= 0.3 is 12.1 Å². The lowest BCUT2D eigenvalue weighted by molar-refractivity contribution is -0.201. The molecule has 1 atom stereocenters. The van der Waals surface area contributed by atoms with Crippen LogP contribution in [-0.2, 0) is 30.6 Å². The van der Waals surface area contributed by atoms with Crippen LogP contribution < -0.4 is 0 Å². The van der Waals surface area contributed by atoms with Crippen molar-refractivity contribution in [1.29, 1.82) is 0 Å². The van der Waals surface area contributed by atoms with Crippen molar-refractivity contribution >= 4 is 23.9 Å². The van der Waals surface area contributed by atoms with Crippen molar-refractivity contribution in [2.45, 2.75) is 39.3 Å². The van der Waals surface area contributed by atoms with E-state index in [1.165, 1.54) is 7.05 Å². The number of carbonyl (C=O) groups excluding carboxylic acids is 4. The standard InChI is InChI=1S/C18H22N2O6/c1-12(2)16(17(23)26-20-14(21)9-10-15(20)22)19(3)18(24)25-11-13-7-5-4-6-8-13/h4-8,12,16H,9-11H2,1-3H3. The van der Waals surface area contributed by atoms with Crippen molar-refractivity contribution in [2.24, 2.45) is 5.92 Å². The summed E-state index contributed by atoms with van der Waals surface area (Å²) in [5.74, 6) is -2.31. The summed E-state index contributed by atoms with van der Waals surface area (Å²) in [5, 5.41) is 0.473. The molecular weight excluding hydrogens is 340 g/mol. The molecule has 1 saturated heterocycles. The molecule has 0 N–H and O–H groups in total. The van der Waals surface area contributed by atoms with Gasteiger partial charge in [-0.3, -0.25) is 14.5 Å². The minimum absolute atomic E-state index is 0.00736. The first-order chi connectivity index (χ1) is 12.3. The predicted molar refractivity (Wildman–Crippen MR) is 90.2 cm³/mol. The number of hydrogen-bond acceptors (Lipinski definition) is 6. The van der Waals surface area contributed by atoms with E-state index >= 15 is 0 Å². The van der Waals surface area contributed by atoms with Crippen molar-refractivity contribution in [1.82, 2.24) is 9.96 Å². The van der Waals surface area contributed by atoms with Crippen molar-refractivity contribution < 1.29 is 28.8 Å². The minimum Gasteiger partial charge on any atom is -0.445 e. The molecule has 3 amide bonds. The molecule has 1 aromatic rings. The molecule has 1 heterocycles. The molecule has 0 aromatic heterocycles. The van der Waals surface area contributed by atoms with Crippen molar-refractivity contribution in [3.05, 3.63) is 35.9 Å². The molecule has 140 valence electrons. The number of amides is 3. The van der Waals surface area contributed by atoms with Crippen LogP contribution in [0.2, 0.25) is 0 Å². The Morgan fingerprint density at radius 2 is 1.69 bits per heavy atom. The van der Waals surface area contributed by atoms with Crippen LogP contribution in [0.1, 0.15) is 32.3 Å². The van der Waals surface area contributed by atoms with Crippen LogP contribution in [0.3, 0.4) is 0 Å². The van der Waals surface area contributed by atoms with Crippen LogP contribution in [0.5, 0.6) is 0 Å². The Balaban J connectivity index is 2.00. The van der Waals surface area contributed by atoms with Gasteiger partial charge in [-0.2, -0.15) is 0 Å². The van der Waals surface area contributed by atoms with Crippen LogP contribution >= 0.6 is 0 Å². The highest BCUT2D eigenvalue weighted by atomic mass is 16.7. The molecule has 1 unspecified atom stereocenters. The third-order valence-corrected chi connectivity index (χ3v) is 3.97. The zero-order chi connectivity index (χ0) is 19.3. The summed E-state index contributed by atoms with van der Waals surface area (Å²) in [6.45, 7) is 3.51. The molecule has 2 rings (SSSR count). The summed E-state index contributed by atoms with van der Waals surface area (Å²) in [7, 11) is 1.41. The van der Waals surface area contributed by atoms with Gasteiger partial charge in [0.05, 0.1) is 0 Å². The largest absolute Gasteiger partial charge is 0.445 e. The van der Waals surface area contributed by atoms with Crippen molar-refractivity contribution in [3.8, 4) is 0 Å². The Bertz CT molecular complexity index is 672. The normalized spacial score (nSPS) is 15.2. The van der Waals surface area contributed by atoms with Crippen LogP contribution in [0.4, 0.5) is 4.79 Å². The monoisotopic (exact) mass is 362 g/mol. The van der Waals surface area contributed by atoms with Crippen LogP contribution in [-0.4, -0.2) is 46.9 Å². The molecule has 0 spiro atoms. The molecule has 1 aliphatic heterocycles. The molecule has 0 aliphatic carbocycles. The number of carbonyl (C=O) groups is 4. The second-order valence-electron chi connectivity index (χ2n) is 6.33. The van der Waals surface area contributed by atoms with E-state index in [0.29, 0.717) is 5.06 Å². The van der Waals surface area contributed by atoms with E-state index < -0.39 is 29.9 Å². The quantitative estimate of drug-likeness (QED) is 0.718. The Morgan fingerprint density at radius 1 is 1.12 bits per heavy atom. The van der Waals surface area contributed by atoms with Gasteiger partial charge in [-0.1, -0.05) is 44.2 Å². The summed E-state index contributed by atoms with van der Waals surface area (Å²) >= 11 is 0. The highest BCUT2D eigenvalue weighted by Gasteiger charge is 2.38. The molecule has 0 saturated carbocycles. The van der Waals surface area contributed by atoms with E-state index in [-0.39, 0.29) is 25.4 Å². The van der Waals surface area contributed by atoms with Crippen LogP contribution in [0.25, 0.3) is 0 Å². The van der Waals surface area contributed by atoms with Crippen molar-refractivity contribution in [2.75, 3.05) is 7.05 Å². The maximum absolute atomic E-state index is 12.4. The molecule has 1 fully saturated rings. The third-order valence-electron chi connectivity index (χ3n) is 3.97. The second-order valence-corrected chi connectivity index (χ2v) is 6.33. The summed E-state index contributed by atoms with van der Waals surface area (Å²) < 4.78 is 5.22. The Kier molecular flexibility index (Phi) is 6.32. The molecule has 1 aromatic carbocycles. The van der Waals surface area contributed by atoms with Gasteiger partial charge in [0.2, 0.25) is 0 Å². The molecule has 0 radical (unpaired) electrons. The lowest BCUT2D eigenvalue weighted by Gasteiger charge is -2.29. The van der Waals surface area contributed by atoms with E-state index in [1.807, 2.05) is 30.3 Å². The fourth-order valence-corrected chi connectivity index (χ4v) is 2.61. The first-order valence-corrected chi connectivity index (χ1v) is 8.32. The van der Waals surface area contributed by atoms with Crippen LogP contribution in [0, 0.1) is 5.92 Å². The van der Waals surface area contributed by atoms with Gasteiger partial charge in [-0.25, -0.2) is 9.59 Å². The van der Waals surface area contributed by atoms with E-state index in [2.05, 4.69) is 0 Å². The average Bonchev–Trinajstić information content (AvgIpc) is 2.92. The molecule has 0 bridgehead atoms. The average molecular weight is 362 g/mol. The number of ether oxygens (including phenoxy) is 1. The number of hydrogen-bond donors (Lipinski definition) is 0. The number of rotatable bonds is 6. The zero-order valence-corrected chi connectivity index (χ0v) is 15.0. The van der Waals surface area contributed by atoms with E-state index in [1.54, 1.807) is 13.8 Å². The molecule has 8 heteroatoms. The predicted octanol–water partition coefficient (Wildman–Crippen LogP) is 1.89. The lowest BCUT2D eigenvalue weighted by atomic mass is 10.0. The number of imide groups is 1. The maximum Gasteiger partial charge on any atom is 0.410 e. The summed E-state index contributed by atoms with van der Waals surface area (Å²) in [5.41, 5.74) is 0.811. The SMILES string of the molecule is CC(C)C(C(=O)ON1C(=O)CCC1=O)N(C)C(=O)OCc1ccccc1. The third kappa shape index (κ3) is 4.59. The Hall–Kier alpha value is -2.90. The molecule has 26 heavy (non-hydrogen) atoms. The molecule has 8 nitrogen and oxygen atoms in total.